The molecule has 2 atom stereocenters. The normalized spacial score (nSPS) is 25.6. The van der Waals surface area contributed by atoms with Gasteiger partial charge in [-0.05, 0) is 65.2 Å². The fourth-order valence-electron chi connectivity index (χ4n) is 3.24. The first kappa shape index (κ1) is 17.7. The van der Waals surface area contributed by atoms with Crippen LogP contribution in [-0.4, -0.2) is 10.2 Å². The van der Waals surface area contributed by atoms with Crippen molar-refractivity contribution in [1.29, 1.82) is 0 Å². The zero-order valence-electron chi connectivity index (χ0n) is 13.8. The van der Waals surface area contributed by atoms with Crippen molar-refractivity contribution in [3.05, 3.63) is 68.9 Å². The van der Waals surface area contributed by atoms with Gasteiger partial charge in [0.15, 0.2) is 5.17 Å². The van der Waals surface area contributed by atoms with Crippen LogP contribution in [0.25, 0.3) is 11.9 Å². The van der Waals surface area contributed by atoms with Crippen LogP contribution < -0.4 is 5.73 Å². The lowest BCUT2D eigenvalue weighted by molar-refractivity contribution is 0.416. The molecule has 0 bridgehead atoms. The summed E-state index contributed by atoms with van der Waals surface area (Å²) in [7, 11) is 0. The van der Waals surface area contributed by atoms with E-state index in [2.05, 4.69) is 25.9 Å². The monoisotopic (exact) mass is 434 g/mol. The number of aromatic nitrogens is 1. The Kier molecular flexibility index (Phi) is 4.39. The minimum absolute atomic E-state index is 0.173. The highest BCUT2D eigenvalue weighted by Gasteiger charge is 2.56. The van der Waals surface area contributed by atoms with Crippen molar-refractivity contribution in [3.63, 3.8) is 0 Å². The van der Waals surface area contributed by atoms with E-state index in [9.17, 15) is 8.78 Å². The predicted molar refractivity (Wildman–Crippen MR) is 105 cm³/mol. The molecule has 2 aliphatic rings. The van der Waals surface area contributed by atoms with Crippen LogP contribution in [0.5, 0.6) is 0 Å². The second-order valence-corrected chi connectivity index (χ2v) is 8.58. The van der Waals surface area contributed by atoms with E-state index in [4.69, 9.17) is 5.73 Å². The maximum Gasteiger partial charge on any atom is 0.155 e. The number of halogens is 3. The van der Waals surface area contributed by atoms with Gasteiger partial charge < -0.3 is 5.73 Å². The summed E-state index contributed by atoms with van der Waals surface area (Å²) in [5.74, 6) is -0.672. The number of benzene rings is 1. The Labute approximate surface area is 162 Å². The second kappa shape index (κ2) is 6.46. The van der Waals surface area contributed by atoms with Gasteiger partial charge in [0.1, 0.15) is 11.6 Å². The number of nitrogens with two attached hydrogens (primary N) is 1. The number of rotatable bonds is 3. The molecule has 0 unspecified atom stereocenters. The third-order valence-corrected chi connectivity index (χ3v) is 6.17. The third-order valence-electron chi connectivity index (χ3n) is 4.69. The van der Waals surface area contributed by atoms with E-state index in [1.807, 2.05) is 6.92 Å². The van der Waals surface area contributed by atoms with E-state index >= 15 is 0 Å². The van der Waals surface area contributed by atoms with Crippen LogP contribution in [0.4, 0.5) is 8.78 Å². The summed E-state index contributed by atoms with van der Waals surface area (Å²) in [4.78, 5) is 8.56. The van der Waals surface area contributed by atoms with Gasteiger partial charge in [-0.2, -0.15) is 0 Å². The summed E-state index contributed by atoms with van der Waals surface area (Å²) < 4.78 is 29.8. The van der Waals surface area contributed by atoms with Gasteiger partial charge in [-0.1, -0.05) is 17.8 Å². The Hall–Kier alpha value is -1.73. The number of pyridine rings is 1. The van der Waals surface area contributed by atoms with Gasteiger partial charge in [-0.3, -0.25) is 9.98 Å². The van der Waals surface area contributed by atoms with Crippen LogP contribution in [-0.2, 0) is 5.54 Å². The number of hydrogen-bond donors (Lipinski definition) is 1. The van der Waals surface area contributed by atoms with Crippen molar-refractivity contribution in [2.75, 3.05) is 0 Å². The number of nitrogens with zero attached hydrogens (tertiary/aromatic N) is 2. The fraction of sp³-hybridized carbons (Fsp3) is 0.211. The lowest BCUT2D eigenvalue weighted by atomic mass is 9.86. The van der Waals surface area contributed by atoms with Crippen LogP contribution in [0.3, 0.4) is 0 Å². The molecule has 133 valence electrons. The summed E-state index contributed by atoms with van der Waals surface area (Å²) in [5.41, 5.74) is 6.37. The molecule has 4 rings (SSSR count). The van der Waals surface area contributed by atoms with Crippen molar-refractivity contribution in [3.8, 4) is 0 Å². The summed E-state index contributed by atoms with van der Waals surface area (Å²) in [5, 5.41) is 1.67. The molecule has 0 amide bonds. The Morgan fingerprint density at radius 1 is 1.38 bits per heavy atom. The summed E-state index contributed by atoms with van der Waals surface area (Å²) in [6.45, 7) is 1.88. The van der Waals surface area contributed by atoms with Gasteiger partial charge in [0.05, 0.1) is 11.2 Å². The third kappa shape index (κ3) is 3.18. The van der Waals surface area contributed by atoms with Crippen LogP contribution >= 0.6 is 27.7 Å². The summed E-state index contributed by atoms with van der Waals surface area (Å²) in [6.07, 6.45) is 3.76. The Balaban J connectivity index is 1.72. The minimum atomic E-state index is -0.745. The molecule has 1 radical (unpaired) electrons. The largest absolute Gasteiger partial charge is 0.378 e. The Bertz CT molecular complexity index is 929. The SMILES string of the molecule is C[C@]1(c2cc(/C=C(\F)c3ccc(Br)cn3)ccc2F)N=C(N)S[C]2C[C@H]21. The molecular weight excluding hydrogens is 420 g/mol. The molecule has 26 heavy (non-hydrogen) atoms. The topological polar surface area (TPSA) is 51.3 Å². The summed E-state index contributed by atoms with van der Waals surface area (Å²) in [6, 6.07) is 7.84. The lowest BCUT2D eigenvalue weighted by Crippen LogP contribution is -2.30. The summed E-state index contributed by atoms with van der Waals surface area (Å²) >= 11 is 4.74. The van der Waals surface area contributed by atoms with E-state index in [1.165, 1.54) is 35.4 Å². The van der Waals surface area contributed by atoms with E-state index in [0.717, 1.165) is 10.9 Å². The zero-order chi connectivity index (χ0) is 18.5. The molecule has 0 spiro atoms. The quantitative estimate of drug-likeness (QED) is 0.714. The van der Waals surface area contributed by atoms with E-state index in [1.54, 1.807) is 24.3 Å². The molecule has 1 aromatic heterocycles. The Morgan fingerprint density at radius 2 is 2.19 bits per heavy atom. The number of hydrogen-bond acceptors (Lipinski definition) is 4. The highest BCUT2D eigenvalue weighted by atomic mass is 79.9. The molecule has 2 aromatic rings. The predicted octanol–water partition coefficient (Wildman–Crippen LogP) is 5.28. The van der Waals surface area contributed by atoms with Crippen LogP contribution in [0.15, 0.2) is 46.0 Å². The average molecular weight is 435 g/mol. The van der Waals surface area contributed by atoms with Crippen molar-refractivity contribution in [2.24, 2.45) is 16.6 Å². The van der Waals surface area contributed by atoms with E-state index < -0.39 is 11.4 Å². The fourth-order valence-corrected chi connectivity index (χ4v) is 4.60. The van der Waals surface area contributed by atoms with Crippen LogP contribution in [0, 0.1) is 17.0 Å². The molecule has 1 aliphatic carbocycles. The standard InChI is InChI=1S/C19H15BrF2N3S/c1-19(13-8-17(13)26-18(23)25-19)12-6-10(2-4-14(12)21)7-15(22)16-5-3-11(20)9-24-16/h2-7,9,13H,8H2,1H3,(H2,23,25)/b15-7-/t13-,19-/m1/s1. The maximum absolute atomic E-state index is 14.6. The molecule has 0 saturated heterocycles. The maximum atomic E-state index is 14.6. The molecule has 1 aliphatic heterocycles. The molecule has 2 N–H and O–H groups in total. The smallest absolute Gasteiger partial charge is 0.155 e. The van der Waals surface area contributed by atoms with Gasteiger partial charge in [0.2, 0.25) is 0 Å². The molecule has 7 heteroatoms. The molecule has 3 nitrogen and oxygen atoms in total. The molecule has 1 saturated carbocycles. The minimum Gasteiger partial charge on any atom is -0.378 e. The first-order valence-electron chi connectivity index (χ1n) is 8.05. The van der Waals surface area contributed by atoms with E-state index in [0.29, 0.717) is 16.3 Å². The number of aliphatic imine (C=N–C) groups is 1. The van der Waals surface area contributed by atoms with Crippen molar-refractivity contribution < 1.29 is 8.78 Å². The Morgan fingerprint density at radius 3 is 2.92 bits per heavy atom. The second-order valence-electron chi connectivity index (χ2n) is 6.52. The lowest BCUT2D eigenvalue weighted by Gasteiger charge is -2.30. The van der Waals surface area contributed by atoms with Gasteiger partial charge in [0, 0.05) is 27.4 Å². The molecule has 1 aromatic carbocycles. The van der Waals surface area contributed by atoms with Crippen molar-refractivity contribution >= 4 is 44.8 Å². The highest BCUT2D eigenvalue weighted by Crippen LogP contribution is 2.63. The van der Waals surface area contributed by atoms with Crippen LogP contribution in [0.1, 0.15) is 30.2 Å². The van der Waals surface area contributed by atoms with Gasteiger partial charge in [-0.25, -0.2) is 8.78 Å². The number of thioether (sulfide) groups is 1. The number of fused-ring (bicyclic) bond motifs is 1. The number of amidine groups is 1. The van der Waals surface area contributed by atoms with Gasteiger partial charge >= 0.3 is 0 Å². The first-order chi connectivity index (χ1) is 12.4. The van der Waals surface area contributed by atoms with Crippen molar-refractivity contribution in [2.45, 2.75) is 18.9 Å². The molecule has 1 fully saturated rings. The first-order valence-corrected chi connectivity index (χ1v) is 9.66. The highest BCUT2D eigenvalue weighted by molar-refractivity contribution is 9.10. The van der Waals surface area contributed by atoms with Crippen molar-refractivity contribution in [1.82, 2.24) is 4.98 Å². The van der Waals surface area contributed by atoms with Gasteiger partial charge in [-0.15, -0.1) is 0 Å². The average Bonchev–Trinajstić information content (AvgIpc) is 3.37. The van der Waals surface area contributed by atoms with Crippen LogP contribution in [0.2, 0.25) is 0 Å². The molecular formula is C19H15BrF2N3S. The zero-order valence-corrected chi connectivity index (χ0v) is 16.2. The van der Waals surface area contributed by atoms with Gasteiger partial charge in [0.25, 0.3) is 0 Å². The molecule has 2 heterocycles. The van der Waals surface area contributed by atoms with E-state index in [-0.39, 0.29) is 17.4 Å².